The summed E-state index contributed by atoms with van der Waals surface area (Å²) in [5.41, 5.74) is 1.92. The van der Waals surface area contributed by atoms with Gasteiger partial charge in [-0.3, -0.25) is 14.8 Å². The van der Waals surface area contributed by atoms with Crippen LogP contribution in [0.2, 0.25) is 0 Å². The molecule has 1 saturated heterocycles. The van der Waals surface area contributed by atoms with Gasteiger partial charge in [-0.1, -0.05) is 6.07 Å². The summed E-state index contributed by atoms with van der Waals surface area (Å²) in [4.78, 5) is 13.4. The SMILES string of the molecule is CN(Cc1csc(-c2ccccn2)n1)CC(O)CN1CCOCC1. The number of hydrogen-bond acceptors (Lipinski definition) is 7. The Labute approximate surface area is 146 Å². The summed E-state index contributed by atoms with van der Waals surface area (Å²) in [5.74, 6) is 0. The molecule has 1 aliphatic rings. The van der Waals surface area contributed by atoms with Gasteiger partial charge in [0.15, 0.2) is 0 Å². The van der Waals surface area contributed by atoms with E-state index in [0.29, 0.717) is 13.1 Å². The summed E-state index contributed by atoms with van der Waals surface area (Å²) < 4.78 is 5.33. The molecule has 130 valence electrons. The fourth-order valence-electron chi connectivity index (χ4n) is 2.83. The standard InChI is InChI=1S/C17H24N4O2S/c1-20(11-15(22)12-21-6-8-23-9-7-21)10-14-13-24-17(19-14)16-4-2-3-5-18-16/h2-5,13,15,22H,6-12H2,1H3. The second-order valence-corrected chi connectivity index (χ2v) is 6.98. The van der Waals surface area contributed by atoms with E-state index in [2.05, 4.69) is 25.1 Å². The van der Waals surface area contributed by atoms with Crippen molar-refractivity contribution in [2.75, 3.05) is 46.4 Å². The number of aliphatic hydroxyl groups is 1. The molecule has 0 spiro atoms. The predicted molar refractivity (Wildman–Crippen MR) is 94.9 cm³/mol. The fourth-order valence-corrected chi connectivity index (χ4v) is 3.61. The summed E-state index contributed by atoms with van der Waals surface area (Å²) in [7, 11) is 2.02. The van der Waals surface area contributed by atoms with Crippen LogP contribution in [0.4, 0.5) is 0 Å². The van der Waals surface area contributed by atoms with Crippen molar-refractivity contribution in [3.63, 3.8) is 0 Å². The van der Waals surface area contributed by atoms with E-state index in [1.54, 1.807) is 17.5 Å². The molecule has 1 N–H and O–H groups in total. The van der Waals surface area contributed by atoms with E-state index in [9.17, 15) is 5.11 Å². The van der Waals surface area contributed by atoms with Crippen LogP contribution in [0, 0.1) is 0 Å². The normalized spacial score (nSPS) is 17.3. The highest BCUT2D eigenvalue weighted by atomic mass is 32.1. The van der Waals surface area contributed by atoms with Gasteiger partial charge in [-0.2, -0.15) is 0 Å². The number of morpholine rings is 1. The van der Waals surface area contributed by atoms with Crippen LogP contribution in [0.3, 0.4) is 0 Å². The Kier molecular flexibility index (Phi) is 6.28. The van der Waals surface area contributed by atoms with Crippen LogP contribution in [0.1, 0.15) is 5.69 Å². The minimum atomic E-state index is -0.359. The highest BCUT2D eigenvalue weighted by Gasteiger charge is 2.17. The molecule has 1 atom stereocenters. The quantitative estimate of drug-likeness (QED) is 0.815. The number of β-amino-alcohol motifs (C(OH)–C–C–N with tert-alkyl or cyclic N) is 1. The number of aliphatic hydroxyl groups excluding tert-OH is 1. The van der Waals surface area contributed by atoms with E-state index in [4.69, 9.17) is 4.74 Å². The van der Waals surface area contributed by atoms with Crippen molar-refractivity contribution >= 4 is 11.3 Å². The Morgan fingerprint density at radius 2 is 2.21 bits per heavy atom. The average Bonchev–Trinajstić information content (AvgIpc) is 3.04. The van der Waals surface area contributed by atoms with Crippen LogP contribution in [-0.2, 0) is 11.3 Å². The van der Waals surface area contributed by atoms with Gasteiger partial charge < -0.3 is 9.84 Å². The van der Waals surface area contributed by atoms with Crippen LogP contribution in [0.5, 0.6) is 0 Å². The molecule has 0 bridgehead atoms. The van der Waals surface area contributed by atoms with E-state index in [0.717, 1.165) is 49.2 Å². The summed E-state index contributed by atoms with van der Waals surface area (Å²) in [6.07, 6.45) is 1.42. The van der Waals surface area contributed by atoms with Gasteiger partial charge >= 0.3 is 0 Å². The van der Waals surface area contributed by atoms with Crippen molar-refractivity contribution in [1.29, 1.82) is 0 Å². The molecule has 6 nitrogen and oxygen atoms in total. The average molecular weight is 348 g/mol. The molecule has 3 rings (SSSR count). The number of ether oxygens (including phenoxy) is 1. The summed E-state index contributed by atoms with van der Waals surface area (Å²) >= 11 is 1.61. The first-order valence-electron chi connectivity index (χ1n) is 8.23. The molecule has 0 aliphatic carbocycles. The zero-order valence-corrected chi connectivity index (χ0v) is 14.8. The summed E-state index contributed by atoms with van der Waals surface area (Å²) in [5, 5.41) is 13.3. The number of likely N-dealkylation sites (N-methyl/N-ethyl adjacent to an activating group) is 1. The van der Waals surface area contributed by atoms with Gasteiger partial charge in [0, 0.05) is 44.3 Å². The van der Waals surface area contributed by atoms with Crippen LogP contribution < -0.4 is 0 Å². The van der Waals surface area contributed by atoms with Gasteiger partial charge in [0.25, 0.3) is 0 Å². The van der Waals surface area contributed by atoms with Gasteiger partial charge in [-0.15, -0.1) is 11.3 Å². The molecular weight excluding hydrogens is 324 g/mol. The fraction of sp³-hybridized carbons (Fsp3) is 0.529. The van der Waals surface area contributed by atoms with Crippen molar-refractivity contribution in [2.24, 2.45) is 0 Å². The van der Waals surface area contributed by atoms with Crippen molar-refractivity contribution < 1.29 is 9.84 Å². The molecule has 0 radical (unpaired) electrons. The van der Waals surface area contributed by atoms with Gasteiger partial charge in [0.2, 0.25) is 0 Å². The van der Waals surface area contributed by atoms with E-state index >= 15 is 0 Å². The highest BCUT2D eigenvalue weighted by Crippen LogP contribution is 2.21. The number of aromatic nitrogens is 2. The number of thiazole rings is 1. The third kappa shape index (κ3) is 5.06. The third-order valence-corrected chi connectivity index (χ3v) is 4.88. The van der Waals surface area contributed by atoms with Crippen LogP contribution in [-0.4, -0.2) is 77.4 Å². The van der Waals surface area contributed by atoms with Gasteiger partial charge in [-0.25, -0.2) is 4.98 Å². The Balaban J connectivity index is 1.48. The summed E-state index contributed by atoms with van der Waals surface area (Å²) in [6, 6.07) is 5.84. The first kappa shape index (κ1) is 17.4. The third-order valence-electron chi connectivity index (χ3n) is 3.96. The summed E-state index contributed by atoms with van der Waals surface area (Å²) in [6.45, 7) is 5.39. The first-order valence-corrected chi connectivity index (χ1v) is 9.11. The maximum atomic E-state index is 10.3. The Morgan fingerprint density at radius 3 is 2.96 bits per heavy atom. The Morgan fingerprint density at radius 1 is 1.38 bits per heavy atom. The van der Waals surface area contributed by atoms with Crippen molar-refractivity contribution in [1.82, 2.24) is 19.8 Å². The molecule has 24 heavy (non-hydrogen) atoms. The van der Waals surface area contributed by atoms with Crippen molar-refractivity contribution in [3.8, 4) is 10.7 Å². The molecule has 0 amide bonds. The van der Waals surface area contributed by atoms with Crippen LogP contribution in [0.25, 0.3) is 10.7 Å². The lowest BCUT2D eigenvalue weighted by Gasteiger charge is -2.29. The Hall–Kier alpha value is -1.38. The largest absolute Gasteiger partial charge is 0.390 e. The smallest absolute Gasteiger partial charge is 0.142 e. The molecule has 0 aromatic carbocycles. The van der Waals surface area contributed by atoms with Crippen LogP contribution in [0.15, 0.2) is 29.8 Å². The molecule has 7 heteroatoms. The van der Waals surface area contributed by atoms with Gasteiger partial charge in [0.1, 0.15) is 5.01 Å². The minimum absolute atomic E-state index is 0.359. The maximum absolute atomic E-state index is 10.3. The van der Waals surface area contributed by atoms with E-state index in [1.165, 1.54) is 0 Å². The zero-order valence-electron chi connectivity index (χ0n) is 14.0. The van der Waals surface area contributed by atoms with Gasteiger partial charge in [0.05, 0.1) is 30.7 Å². The van der Waals surface area contributed by atoms with E-state index < -0.39 is 0 Å². The van der Waals surface area contributed by atoms with Crippen molar-refractivity contribution in [2.45, 2.75) is 12.6 Å². The predicted octanol–water partition coefficient (Wildman–Crippen LogP) is 1.33. The van der Waals surface area contributed by atoms with Gasteiger partial charge in [-0.05, 0) is 19.2 Å². The first-order chi connectivity index (χ1) is 11.7. The lowest BCUT2D eigenvalue weighted by molar-refractivity contribution is 0.00820. The number of pyridine rings is 1. The lowest BCUT2D eigenvalue weighted by atomic mass is 10.2. The monoisotopic (exact) mass is 348 g/mol. The van der Waals surface area contributed by atoms with E-state index in [-0.39, 0.29) is 6.10 Å². The molecule has 1 fully saturated rings. The molecular formula is C17H24N4O2S. The topological polar surface area (TPSA) is 61.7 Å². The maximum Gasteiger partial charge on any atom is 0.142 e. The molecule has 1 unspecified atom stereocenters. The molecule has 2 aromatic heterocycles. The zero-order chi connectivity index (χ0) is 16.8. The molecule has 1 aliphatic heterocycles. The second-order valence-electron chi connectivity index (χ2n) is 6.12. The molecule has 3 heterocycles. The minimum Gasteiger partial charge on any atom is -0.390 e. The van der Waals surface area contributed by atoms with Crippen LogP contribution >= 0.6 is 11.3 Å². The highest BCUT2D eigenvalue weighted by molar-refractivity contribution is 7.13. The number of nitrogens with zero attached hydrogens (tertiary/aromatic N) is 4. The molecule has 0 saturated carbocycles. The second kappa shape index (κ2) is 8.64. The Bertz CT molecular complexity index is 616. The van der Waals surface area contributed by atoms with E-state index in [1.807, 2.05) is 25.2 Å². The number of hydrogen-bond donors (Lipinski definition) is 1. The lowest BCUT2D eigenvalue weighted by Crippen LogP contribution is -2.43. The van der Waals surface area contributed by atoms with Crippen molar-refractivity contribution in [3.05, 3.63) is 35.5 Å². The molecule has 2 aromatic rings. The number of rotatable bonds is 7.